The molecule has 1 aliphatic heterocycles. The second-order valence-electron chi connectivity index (χ2n) is 8.20. The third-order valence-electron chi connectivity index (χ3n) is 4.99. The fourth-order valence-corrected chi connectivity index (χ4v) is 3.47. The van der Waals surface area contributed by atoms with Crippen LogP contribution in [0.2, 0.25) is 0 Å². The van der Waals surface area contributed by atoms with E-state index in [9.17, 15) is 22.4 Å². The van der Waals surface area contributed by atoms with Crippen molar-refractivity contribution in [2.45, 2.75) is 58.2 Å². The Bertz CT molecular complexity index is 1200. The van der Waals surface area contributed by atoms with Gasteiger partial charge in [-0.25, -0.2) is 19.2 Å². The van der Waals surface area contributed by atoms with Crippen LogP contribution in [0.3, 0.4) is 0 Å². The van der Waals surface area contributed by atoms with Gasteiger partial charge in [0.2, 0.25) is 5.95 Å². The van der Waals surface area contributed by atoms with Gasteiger partial charge in [-0.2, -0.15) is 5.10 Å². The molecule has 0 saturated carbocycles. The van der Waals surface area contributed by atoms with Crippen molar-refractivity contribution in [1.82, 2.24) is 29.9 Å². The number of nitrogens with one attached hydrogen (secondary N) is 3. The Labute approximate surface area is 196 Å². The number of hydrogen-bond acceptors (Lipinski definition) is 8. The monoisotopic (exact) mass is 501 g/mol. The number of imidazole rings is 1. The summed E-state index contributed by atoms with van der Waals surface area (Å²) in [7, 11) is 0. The van der Waals surface area contributed by atoms with Gasteiger partial charge in [-0.1, -0.05) is 0 Å². The number of alkyl carbamates (subject to hydrolysis) is 1. The SMILES string of the molecule is Cc1cnc(Nc2cc([C@H]3OC[C@@H](OC(=O)NC(C)C)[C@@H]3F)[nH]n2)n2cc(COC(F)(F)F)nc12. The van der Waals surface area contributed by atoms with Crippen LogP contribution in [-0.4, -0.2) is 61.9 Å². The van der Waals surface area contributed by atoms with Crippen molar-refractivity contribution < 1.29 is 36.6 Å². The van der Waals surface area contributed by atoms with Crippen LogP contribution in [0.25, 0.3) is 5.65 Å². The molecule has 3 N–H and O–H groups in total. The normalized spacial score (nSPS) is 20.5. The van der Waals surface area contributed by atoms with Gasteiger partial charge in [-0.3, -0.25) is 14.2 Å². The number of ether oxygens (including phenoxy) is 3. The lowest BCUT2D eigenvalue weighted by Crippen LogP contribution is -2.36. The maximum atomic E-state index is 14.9. The number of anilines is 2. The summed E-state index contributed by atoms with van der Waals surface area (Å²) in [6.07, 6.45) is -6.42. The molecule has 15 heteroatoms. The highest BCUT2D eigenvalue weighted by molar-refractivity contribution is 5.67. The molecule has 4 rings (SSSR count). The van der Waals surface area contributed by atoms with Crippen molar-refractivity contribution in [2.24, 2.45) is 0 Å². The second kappa shape index (κ2) is 9.65. The van der Waals surface area contributed by atoms with Gasteiger partial charge in [-0.05, 0) is 20.8 Å². The highest BCUT2D eigenvalue weighted by Crippen LogP contribution is 2.33. The van der Waals surface area contributed by atoms with E-state index in [1.54, 1.807) is 20.8 Å². The molecule has 4 heterocycles. The van der Waals surface area contributed by atoms with E-state index in [1.165, 1.54) is 22.9 Å². The van der Waals surface area contributed by atoms with Gasteiger partial charge >= 0.3 is 12.5 Å². The first-order chi connectivity index (χ1) is 16.5. The molecule has 3 aromatic rings. The van der Waals surface area contributed by atoms with Gasteiger partial charge in [0.25, 0.3) is 0 Å². The summed E-state index contributed by atoms with van der Waals surface area (Å²) >= 11 is 0. The number of amides is 1. The zero-order chi connectivity index (χ0) is 25.3. The summed E-state index contributed by atoms with van der Waals surface area (Å²) in [6.45, 7) is 4.32. The Morgan fingerprint density at radius 1 is 1.40 bits per heavy atom. The maximum absolute atomic E-state index is 14.9. The molecular weight excluding hydrogens is 478 g/mol. The average Bonchev–Trinajstić information content (AvgIpc) is 3.47. The van der Waals surface area contributed by atoms with Crippen LogP contribution in [0.5, 0.6) is 0 Å². The lowest BCUT2D eigenvalue weighted by atomic mass is 10.1. The van der Waals surface area contributed by atoms with Crippen LogP contribution in [-0.2, 0) is 20.8 Å². The third-order valence-corrected chi connectivity index (χ3v) is 4.99. The van der Waals surface area contributed by atoms with E-state index in [4.69, 9.17) is 9.47 Å². The van der Waals surface area contributed by atoms with Crippen molar-refractivity contribution in [3.63, 3.8) is 0 Å². The number of aryl methyl sites for hydroxylation is 1. The van der Waals surface area contributed by atoms with E-state index in [2.05, 4.69) is 35.5 Å². The van der Waals surface area contributed by atoms with Crippen LogP contribution in [0, 0.1) is 6.92 Å². The molecule has 0 unspecified atom stereocenters. The fraction of sp³-hybridized carbons (Fsp3) is 0.500. The minimum absolute atomic E-state index is 0.0522. The Balaban J connectivity index is 1.46. The lowest BCUT2D eigenvalue weighted by molar-refractivity contribution is -0.330. The summed E-state index contributed by atoms with van der Waals surface area (Å²) in [6, 6.07) is 1.33. The Morgan fingerprint density at radius 3 is 2.89 bits per heavy atom. The van der Waals surface area contributed by atoms with Crippen molar-refractivity contribution in [1.29, 1.82) is 0 Å². The molecule has 1 amide bonds. The van der Waals surface area contributed by atoms with Crippen LogP contribution in [0.1, 0.15) is 36.9 Å². The minimum Gasteiger partial charge on any atom is -0.441 e. The molecule has 190 valence electrons. The first-order valence-corrected chi connectivity index (χ1v) is 10.6. The van der Waals surface area contributed by atoms with E-state index in [1.807, 2.05) is 0 Å². The predicted molar refractivity (Wildman–Crippen MR) is 113 cm³/mol. The Morgan fingerprint density at radius 2 is 2.17 bits per heavy atom. The highest BCUT2D eigenvalue weighted by atomic mass is 19.4. The highest BCUT2D eigenvalue weighted by Gasteiger charge is 2.42. The largest absolute Gasteiger partial charge is 0.522 e. The molecule has 1 aliphatic rings. The molecule has 35 heavy (non-hydrogen) atoms. The molecule has 0 spiro atoms. The number of aromatic nitrogens is 5. The van der Waals surface area contributed by atoms with E-state index in [-0.39, 0.29) is 30.1 Å². The number of halogens is 4. The van der Waals surface area contributed by atoms with Crippen LogP contribution < -0.4 is 10.6 Å². The smallest absolute Gasteiger partial charge is 0.441 e. The number of rotatable bonds is 7. The van der Waals surface area contributed by atoms with E-state index < -0.39 is 37.4 Å². The Hall–Kier alpha value is -3.46. The Kier molecular flexibility index (Phi) is 6.80. The second-order valence-corrected chi connectivity index (χ2v) is 8.20. The zero-order valence-electron chi connectivity index (χ0n) is 18.9. The number of fused-ring (bicyclic) bond motifs is 1. The van der Waals surface area contributed by atoms with E-state index >= 15 is 0 Å². The van der Waals surface area contributed by atoms with Gasteiger partial charge < -0.3 is 20.1 Å². The quantitative estimate of drug-likeness (QED) is 0.420. The summed E-state index contributed by atoms with van der Waals surface area (Å²) in [5, 5.41) is 12.2. The van der Waals surface area contributed by atoms with Crippen molar-refractivity contribution in [3.8, 4) is 0 Å². The molecule has 3 atom stereocenters. The van der Waals surface area contributed by atoms with Crippen LogP contribution >= 0.6 is 0 Å². The summed E-state index contributed by atoms with van der Waals surface area (Å²) in [5.41, 5.74) is 1.35. The van der Waals surface area contributed by atoms with Gasteiger partial charge in [-0.15, -0.1) is 13.2 Å². The lowest BCUT2D eigenvalue weighted by Gasteiger charge is -2.16. The first kappa shape index (κ1) is 24.7. The molecular formula is C20H23F4N7O4. The van der Waals surface area contributed by atoms with Crippen LogP contribution in [0.15, 0.2) is 18.5 Å². The number of alkyl halides is 4. The molecule has 1 fully saturated rings. The van der Waals surface area contributed by atoms with Gasteiger partial charge in [0.05, 0.1) is 24.6 Å². The minimum atomic E-state index is -4.78. The number of aromatic amines is 1. The molecule has 0 radical (unpaired) electrons. The van der Waals surface area contributed by atoms with E-state index in [0.717, 1.165) is 0 Å². The van der Waals surface area contributed by atoms with Crippen molar-refractivity contribution >= 4 is 23.5 Å². The molecule has 0 aromatic carbocycles. The predicted octanol–water partition coefficient (Wildman–Crippen LogP) is 3.45. The number of carbonyl (C=O) groups excluding carboxylic acids is 1. The van der Waals surface area contributed by atoms with Crippen molar-refractivity contribution in [2.75, 3.05) is 11.9 Å². The molecule has 11 nitrogen and oxygen atoms in total. The average molecular weight is 501 g/mol. The molecule has 1 saturated heterocycles. The summed E-state index contributed by atoms with van der Waals surface area (Å²) in [4.78, 5) is 20.2. The van der Waals surface area contributed by atoms with Crippen molar-refractivity contribution in [3.05, 3.63) is 35.4 Å². The fourth-order valence-electron chi connectivity index (χ4n) is 3.47. The van der Waals surface area contributed by atoms with Gasteiger partial charge in [0.1, 0.15) is 11.8 Å². The first-order valence-electron chi connectivity index (χ1n) is 10.6. The number of H-pyrrole nitrogens is 1. The number of hydrogen-bond donors (Lipinski definition) is 3. The van der Waals surface area contributed by atoms with Gasteiger partial charge in [0, 0.05) is 30.1 Å². The standard InChI is InChI=1S/C20H23F4N7O4/c1-9(2)26-19(32)35-13-8-33-16(15(13)21)12-4-14(30-29-12)28-18-25-5-10(3)17-27-11(6-31(17)18)7-34-20(22,23)24/h4-6,9,13,15-16H,7-8H2,1-3H3,(H,26,32)(H2,25,28,29,30)/t13-,15+,16-/m1/s1. The zero-order valence-corrected chi connectivity index (χ0v) is 18.9. The molecule has 3 aromatic heterocycles. The summed E-state index contributed by atoms with van der Waals surface area (Å²) < 4.78 is 67.9. The van der Waals surface area contributed by atoms with Gasteiger partial charge in [0.15, 0.2) is 18.1 Å². The van der Waals surface area contributed by atoms with E-state index in [0.29, 0.717) is 16.9 Å². The third kappa shape index (κ3) is 5.79. The molecule has 0 aliphatic carbocycles. The maximum Gasteiger partial charge on any atom is 0.522 e. The number of carbonyl (C=O) groups is 1. The van der Waals surface area contributed by atoms with Crippen LogP contribution in [0.4, 0.5) is 34.1 Å². The summed E-state index contributed by atoms with van der Waals surface area (Å²) in [5.74, 6) is 0.460. The number of nitrogens with zero attached hydrogens (tertiary/aromatic N) is 4. The topological polar surface area (TPSA) is 128 Å². The molecule has 0 bridgehead atoms.